The lowest BCUT2D eigenvalue weighted by Crippen LogP contribution is -2.67. The van der Waals surface area contributed by atoms with Crippen LogP contribution in [0.4, 0.5) is 29.2 Å². The summed E-state index contributed by atoms with van der Waals surface area (Å²) in [5.74, 6) is -0.193. The second-order valence-corrected chi connectivity index (χ2v) is 9.77. The number of anilines is 2. The first-order chi connectivity index (χ1) is 17.7. The summed E-state index contributed by atoms with van der Waals surface area (Å²) in [4.78, 5) is 29.2. The number of carbonyl (C=O) groups excluding carboxylic acids is 1. The van der Waals surface area contributed by atoms with Crippen LogP contribution in [-0.2, 0) is 11.0 Å². The van der Waals surface area contributed by atoms with Gasteiger partial charge in [0.2, 0.25) is 11.9 Å². The standard InChI is InChI=1S/C26H20ClF4N5O/c27-17-14-16(5-6-18(17)28)36-22(20-3-1-2-10-32-20)25(23(36)37)8-11-35(12-9-25)24-33-19-7-4-15(26(29,30)31)13-21(19)34-24/h1-7,10,13-14,22H,8-9,11-12H2,(H,33,34). The topological polar surface area (TPSA) is 65.1 Å². The van der Waals surface area contributed by atoms with Crippen molar-refractivity contribution in [1.29, 1.82) is 0 Å². The number of amides is 1. The maximum atomic E-state index is 13.8. The first-order valence-electron chi connectivity index (χ1n) is 11.7. The smallest absolute Gasteiger partial charge is 0.342 e. The molecule has 2 aromatic carbocycles. The van der Waals surface area contributed by atoms with Gasteiger partial charge in [-0.1, -0.05) is 17.7 Å². The molecule has 2 aliphatic rings. The van der Waals surface area contributed by atoms with E-state index >= 15 is 0 Å². The Morgan fingerprint density at radius 3 is 2.51 bits per heavy atom. The van der Waals surface area contributed by atoms with Crippen LogP contribution in [0.25, 0.3) is 11.0 Å². The third kappa shape index (κ3) is 3.81. The van der Waals surface area contributed by atoms with Crippen LogP contribution in [0.15, 0.2) is 60.8 Å². The van der Waals surface area contributed by atoms with Crippen molar-refractivity contribution in [2.45, 2.75) is 25.1 Å². The SMILES string of the molecule is O=C1N(c2ccc(F)c(Cl)c2)C(c2ccccn2)C12CCN(c1nc3ccc(C(F)(F)F)cc3[nH]1)CC2. The summed E-state index contributed by atoms with van der Waals surface area (Å²) < 4.78 is 53.1. The number of hydrogen-bond acceptors (Lipinski definition) is 4. The number of β-lactam (4-membered cyclic amide) rings is 1. The molecule has 2 fully saturated rings. The molecular formula is C26H20ClF4N5O. The maximum Gasteiger partial charge on any atom is 0.416 e. The summed E-state index contributed by atoms with van der Waals surface area (Å²) in [5.41, 5.74) is 0.495. The molecule has 1 spiro atoms. The number of halogens is 5. The Hall–Kier alpha value is -3.66. The lowest BCUT2D eigenvalue weighted by atomic mass is 9.63. The van der Waals surface area contributed by atoms with Crippen LogP contribution in [0.3, 0.4) is 0 Å². The predicted molar refractivity (Wildman–Crippen MR) is 131 cm³/mol. The van der Waals surface area contributed by atoms with Gasteiger partial charge in [-0.05, 0) is 61.4 Å². The van der Waals surface area contributed by atoms with Crippen LogP contribution < -0.4 is 9.80 Å². The number of benzene rings is 2. The lowest BCUT2D eigenvalue weighted by molar-refractivity contribution is -0.142. The van der Waals surface area contributed by atoms with Crippen LogP contribution in [0.5, 0.6) is 0 Å². The van der Waals surface area contributed by atoms with Crippen molar-refractivity contribution in [1.82, 2.24) is 15.0 Å². The number of nitrogens with one attached hydrogen (secondary N) is 1. The van der Waals surface area contributed by atoms with Gasteiger partial charge in [0.15, 0.2) is 0 Å². The van der Waals surface area contributed by atoms with Gasteiger partial charge in [0.05, 0.1) is 38.8 Å². The van der Waals surface area contributed by atoms with Crippen LogP contribution in [0.1, 0.15) is 30.1 Å². The molecule has 1 atom stereocenters. The highest BCUT2D eigenvalue weighted by molar-refractivity contribution is 6.31. The largest absolute Gasteiger partial charge is 0.416 e. The molecule has 1 unspecified atom stereocenters. The van der Waals surface area contributed by atoms with Crippen molar-refractivity contribution >= 4 is 40.2 Å². The number of nitrogens with zero attached hydrogens (tertiary/aromatic N) is 4. The van der Waals surface area contributed by atoms with Gasteiger partial charge in [-0.15, -0.1) is 0 Å². The molecular weight excluding hydrogens is 510 g/mol. The summed E-state index contributed by atoms with van der Waals surface area (Å²) in [6.45, 7) is 0.943. The zero-order valence-electron chi connectivity index (χ0n) is 19.3. The zero-order valence-corrected chi connectivity index (χ0v) is 20.0. The molecule has 4 aromatic rings. The van der Waals surface area contributed by atoms with E-state index in [0.717, 1.165) is 17.8 Å². The van der Waals surface area contributed by atoms with Crippen molar-refractivity contribution in [2.75, 3.05) is 22.9 Å². The Morgan fingerprint density at radius 2 is 1.84 bits per heavy atom. The molecule has 0 saturated carbocycles. The highest BCUT2D eigenvalue weighted by Crippen LogP contribution is 2.57. The quantitative estimate of drug-likeness (QED) is 0.256. The van der Waals surface area contributed by atoms with Crippen molar-refractivity contribution < 1.29 is 22.4 Å². The van der Waals surface area contributed by atoms with E-state index in [1.807, 2.05) is 17.0 Å². The normalized spacial score (nSPS) is 19.5. The van der Waals surface area contributed by atoms with Crippen LogP contribution in [-0.4, -0.2) is 33.9 Å². The minimum Gasteiger partial charge on any atom is -0.342 e. The van der Waals surface area contributed by atoms with E-state index in [1.54, 1.807) is 17.2 Å². The molecule has 0 bridgehead atoms. The van der Waals surface area contributed by atoms with Crippen molar-refractivity contribution in [3.8, 4) is 0 Å². The van der Waals surface area contributed by atoms with E-state index < -0.39 is 23.0 Å². The number of pyridine rings is 1. The van der Waals surface area contributed by atoms with E-state index in [0.29, 0.717) is 48.6 Å². The Bertz CT molecular complexity index is 1500. The Kier molecular flexibility index (Phi) is 5.41. The number of aromatic nitrogens is 3. The van der Waals surface area contributed by atoms with Crippen LogP contribution in [0.2, 0.25) is 5.02 Å². The summed E-state index contributed by atoms with van der Waals surface area (Å²) in [6.07, 6.45) is -1.80. The Balaban J connectivity index is 1.28. The van der Waals surface area contributed by atoms with E-state index in [1.165, 1.54) is 24.3 Å². The van der Waals surface area contributed by atoms with Crippen LogP contribution >= 0.6 is 11.6 Å². The predicted octanol–water partition coefficient (Wildman–Crippen LogP) is 6.14. The van der Waals surface area contributed by atoms with Gasteiger partial charge in [-0.25, -0.2) is 9.37 Å². The fraction of sp³-hybridized carbons (Fsp3) is 0.269. The number of hydrogen-bond donors (Lipinski definition) is 1. The minimum atomic E-state index is -4.44. The molecule has 1 amide bonds. The number of carbonyl (C=O) groups is 1. The monoisotopic (exact) mass is 529 g/mol. The highest BCUT2D eigenvalue weighted by Gasteiger charge is 2.62. The molecule has 0 radical (unpaired) electrons. The fourth-order valence-corrected chi connectivity index (χ4v) is 5.61. The van der Waals surface area contributed by atoms with Gasteiger partial charge < -0.3 is 14.8 Å². The molecule has 2 aliphatic heterocycles. The van der Waals surface area contributed by atoms with Crippen LogP contribution in [0, 0.1) is 11.2 Å². The third-order valence-corrected chi connectivity index (χ3v) is 7.62. The number of H-pyrrole nitrogens is 1. The fourth-order valence-electron chi connectivity index (χ4n) is 5.44. The van der Waals surface area contributed by atoms with Gasteiger partial charge >= 0.3 is 6.18 Å². The number of imidazole rings is 1. The number of rotatable bonds is 3. The number of fused-ring (bicyclic) bond motifs is 1. The summed E-state index contributed by atoms with van der Waals surface area (Å²) in [5, 5.41) is -0.0700. The maximum absolute atomic E-state index is 13.8. The molecule has 2 saturated heterocycles. The third-order valence-electron chi connectivity index (χ3n) is 7.33. The first kappa shape index (κ1) is 23.7. The minimum absolute atomic E-state index is 0.0700. The average Bonchev–Trinajstić information content (AvgIpc) is 3.32. The molecule has 37 heavy (non-hydrogen) atoms. The Morgan fingerprint density at radius 1 is 1.05 bits per heavy atom. The second-order valence-electron chi connectivity index (χ2n) is 9.36. The second kappa shape index (κ2) is 8.44. The molecule has 2 aromatic heterocycles. The van der Waals surface area contributed by atoms with Crippen molar-refractivity contribution in [3.63, 3.8) is 0 Å². The van der Waals surface area contributed by atoms with E-state index in [4.69, 9.17) is 11.6 Å². The molecule has 0 aliphatic carbocycles. The lowest BCUT2D eigenvalue weighted by Gasteiger charge is -2.58. The van der Waals surface area contributed by atoms with Gasteiger partial charge in [0.25, 0.3) is 0 Å². The number of alkyl halides is 3. The van der Waals surface area contributed by atoms with E-state index in [2.05, 4.69) is 15.0 Å². The Labute approximate surface area is 213 Å². The first-order valence-corrected chi connectivity index (χ1v) is 12.1. The van der Waals surface area contributed by atoms with Crippen molar-refractivity contribution in [3.05, 3.63) is 82.9 Å². The summed E-state index contributed by atoms with van der Waals surface area (Å²) in [7, 11) is 0. The molecule has 6 nitrogen and oxygen atoms in total. The van der Waals surface area contributed by atoms with E-state index in [-0.39, 0.29) is 17.0 Å². The molecule has 190 valence electrons. The summed E-state index contributed by atoms with van der Waals surface area (Å²) in [6, 6.07) is 12.8. The molecule has 4 heterocycles. The van der Waals surface area contributed by atoms with Gasteiger partial charge in [0.1, 0.15) is 5.82 Å². The van der Waals surface area contributed by atoms with Gasteiger partial charge in [-0.2, -0.15) is 13.2 Å². The number of piperidine rings is 1. The average molecular weight is 530 g/mol. The molecule has 1 N–H and O–H groups in total. The summed E-state index contributed by atoms with van der Waals surface area (Å²) >= 11 is 6.00. The van der Waals surface area contributed by atoms with Gasteiger partial charge in [0, 0.05) is 25.0 Å². The van der Waals surface area contributed by atoms with Crippen molar-refractivity contribution in [2.24, 2.45) is 5.41 Å². The highest BCUT2D eigenvalue weighted by atomic mass is 35.5. The number of aromatic amines is 1. The van der Waals surface area contributed by atoms with Gasteiger partial charge in [-0.3, -0.25) is 9.78 Å². The molecule has 6 rings (SSSR count). The zero-order chi connectivity index (χ0) is 25.9. The molecule has 11 heteroatoms. The van der Waals surface area contributed by atoms with E-state index in [9.17, 15) is 22.4 Å².